The molecule has 4 aliphatic carbocycles. The summed E-state index contributed by atoms with van der Waals surface area (Å²) in [6, 6.07) is 0. The number of halogens is 1. The predicted molar refractivity (Wildman–Crippen MR) is 105 cm³/mol. The molecule has 0 unspecified atom stereocenters. The summed E-state index contributed by atoms with van der Waals surface area (Å²) in [5.74, 6) is 3.87. The SMILES string of the molecule is CC[C@H]1C[C@H]2[C@@H]3CCC4=CC(=O)CC[C@@H]4[C@H]3CC[C@]2(COC(=O)CBr)C1. The molecule has 0 aromatic heterocycles. The van der Waals surface area contributed by atoms with Crippen molar-refractivity contribution in [2.45, 2.75) is 64.7 Å². The number of rotatable bonds is 4. The molecule has 0 spiro atoms. The third-order valence-corrected chi connectivity index (χ3v) is 8.58. The molecule has 0 aromatic carbocycles. The fourth-order valence-electron chi connectivity index (χ4n) is 6.98. The topological polar surface area (TPSA) is 43.4 Å². The maximum Gasteiger partial charge on any atom is 0.316 e. The highest BCUT2D eigenvalue weighted by molar-refractivity contribution is 9.09. The summed E-state index contributed by atoms with van der Waals surface area (Å²) < 4.78 is 5.69. The second kappa shape index (κ2) is 7.41. The Morgan fingerprint density at radius 3 is 2.88 bits per heavy atom. The van der Waals surface area contributed by atoms with Gasteiger partial charge >= 0.3 is 5.97 Å². The molecular formula is C22H31BrO3. The van der Waals surface area contributed by atoms with E-state index in [2.05, 4.69) is 22.9 Å². The van der Waals surface area contributed by atoms with Crippen molar-refractivity contribution in [3.8, 4) is 0 Å². The van der Waals surface area contributed by atoms with Crippen LogP contribution >= 0.6 is 15.9 Å². The van der Waals surface area contributed by atoms with E-state index in [1.165, 1.54) is 44.1 Å². The quantitative estimate of drug-likeness (QED) is 0.468. The largest absolute Gasteiger partial charge is 0.464 e. The van der Waals surface area contributed by atoms with Gasteiger partial charge in [0.2, 0.25) is 0 Å². The summed E-state index contributed by atoms with van der Waals surface area (Å²) in [4.78, 5) is 23.6. The van der Waals surface area contributed by atoms with E-state index in [1.54, 1.807) is 0 Å². The van der Waals surface area contributed by atoms with Crippen molar-refractivity contribution in [2.24, 2.45) is 35.0 Å². The number of ketones is 1. The van der Waals surface area contributed by atoms with Crippen LogP contribution in [0.5, 0.6) is 0 Å². The second-order valence-electron chi connectivity index (χ2n) is 9.21. The van der Waals surface area contributed by atoms with Crippen molar-refractivity contribution in [3.05, 3.63) is 11.6 Å². The zero-order valence-corrected chi connectivity index (χ0v) is 17.4. The number of ether oxygens (including phenoxy) is 1. The van der Waals surface area contributed by atoms with Gasteiger partial charge in [0, 0.05) is 11.8 Å². The van der Waals surface area contributed by atoms with Gasteiger partial charge in [-0.25, -0.2) is 0 Å². The molecule has 26 heavy (non-hydrogen) atoms. The van der Waals surface area contributed by atoms with Crippen LogP contribution in [0.4, 0.5) is 0 Å². The Morgan fingerprint density at radius 2 is 2.12 bits per heavy atom. The van der Waals surface area contributed by atoms with Crippen molar-refractivity contribution in [1.82, 2.24) is 0 Å². The summed E-state index contributed by atoms with van der Waals surface area (Å²) in [6.45, 7) is 2.93. The van der Waals surface area contributed by atoms with E-state index in [0.717, 1.165) is 37.0 Å². The fourth-order valence-corrected chi connectivity index (χ4v) is 7.14. The van der Waals surface area contributed by atoms with E-state index in [1.807, 2.05) is 6.08 Å². The van der Waals surface area contributed by atoms with Gasteiger partial charge in [0.1, 0.15) is 5.33 Å². The zero-order chi connectivity index (χ0) is 18.3. The predicted octanol–water partition coefficient (Wildman–Crippen LogP) is 5.07. The molecule has 0 bridgehead atoms. The summed E-state index contributed by atoms with van der Waals surface area (Å²) in [6.07, 6.45) is 12.4. The average Bonchev–Trinajstić information content (AvgIpc) is 3.05. The number of allylic oxidation sites excluding steroid dienone is 1. The monoisotopic (exact) mass is 422 g/mol. The second-order valence-corrected chi connectivity index (χ2v) is 9.77. The molecule has 0 N–H and O–H groups in total. The lowest BCUT2D eigenvalue weighted by atomic mass is 9.52. The van der Waals surface area contributed by atoms with Gasteiger partial charge in [0.05, 0.1) is 6.61 Å². The van der Waals surface area contributed by atoms with Gasteiger partial charge in [-0.05, 0) is 80.6 Å². The Hall–Kier alpha value is -0.640. The van der Waals surface area contributed by atoms with Crippen molar-refractivity contribution in [2.75, 3.05) is 11.9 Å². The van der Waals surface area contributed by atoms with Crippen molar-refractivity contribution in [1.29, 1.82) is 0 Å². The molecule has 6 atom stereocenters. The Bertz CT molecular complexity index is 613. The molecule has 4 rings (SSSR count). The number of hydrogen-bond acceptors (Lipinski definition) is 3. The van der Waals surface area contributed by atoms with Crippen LogP contribution in [0, 0.1) is 35.0 Å². The molecular weight excluding hydrogens is 392 g/mol. The molecule has 3 fully saturated rings. The van der Waals surface area contributed by atoms with Crippen LogP contribution in [0.1, 0.15) is 64.7 Å². The molecule has 0 radical (unpaired) electrons. The lowest BCUT2D eigenvalue weighted by Crippen LogP contribution is -2.47. The molecule has 4 aliphatic rings. The van der Waals surface area contributed by atoms with Gasteiger partial charge in [-0.1, -0.05) is 34.8 Å². The number of esters is 1. The van der Waals surface area contributed by atoms with Crippen LogP contribution in [0.15, 0.2) is 11.6 Å². The Morgan fingerprint density at radius 1 is 1.27 bits per heavy atom. The third-order valence-electron chi connectivity index (χ3n) is 8.13. The van der Waals surface area contributed by atoms with Crippen molar-refractivity contribution in [3.63, 3.8) is 0 Å². The van der Waals surface area contributed by atoms with E-state index in [9.17, 15) is 9.59 Å². The molecule has 3 saturated carbocycles. The molecule has 144 valence electrons. The molecule has 3 nitrogen and oxygen atoms in total. The molecule has 0 aliphatic heterocycles. The van der Waals surface area contributed by atoms with Crippen LogP contribution < -0.4 is 0 Å². The van der Waals surface area contributed by atoms with E-state index in [0.29, 0.717) is 29.6 Å². The van der Waals surface area contributed by atoms with Gasteiger partial charge in [-0.3, -0.25) is 9.59 Å². The van der Waals surface area contributed by atoms with Crippen molar-refractivity contribution >= 4 is 27.7 Å². The van der Waals surface area contributed by atoms with Gasteiger partial charge in [0.25, 0.3) is 0 Å². The summed E-state index contributed by atoms with van der Waals surface area (Å²) in [7, 11) is 0. The van der Waals surface area contributed by atoms with Crippen molar-refractivity contribution < 1.29 is 14.3 Å². The fraction of sp³-hybridized carbons (Fsp3) is 0.818. The Kier molecular flexibility index (Phi) is 5.33. The van der Waals surface area contributed by atoms with Crippen LogP contribution in [-0.4, -0.2) is 23.7 Å². The lowest BCUT2D eigenvalue weighted by molar-refractivity contribution is -0.148. The Balaban J connectivity index is 1.56. The van der Waals surface area contributed by atoms with Crippen LogP contribution in [0.25, 0.3) is 0 Å². The standard InChI is InChI=1S/C22H31BrO3/c1-2-14-9-20-19-5-3-15-10-16(24)4-6-17(15)18(19)7-8-22(20,11-14)13-26-21(25)12-23/h10,14,17-20H,2-9,11-13H2,1H3/t14-,17-,18+,19+,20-,22+/m0/s1. The molecule has 4 heteroatoms. The highest BCUT2D eigenvalue weighted by Crippen LogP contribution is 2.63. The van der Waals surface area contributed by atoms with Gasteiger partial charge in [0.15, 0.2) is 5.78 Å². The number of hydrogen-bond donors (Lipinski definition) is 0. The summed E-state index contributed by atoms with van der Waals surface area (Å²) in [5, 5.41) is 0.293. The average molecular weight is 423 g/mol. The maximum atomic E-state index is 11.8. The van der Waals surface area contributed by atoms with E-state index < -0.39 is 0 Å². The number of alkyl halides is 1. The highest BCUT2D eigenvalue weighted by Gasteiger charge is 2.56. The summed E-state index contributed by atoms with van der Waals surface area (Å²) >= 11 is 3.23. The molecule has 0 aromatic rings. The minimum atomic E-state index is -0.125. The minimum Gasteiger partial charge on any atom is -0.464 e. The first-order chi connectivity index (χ1) is 12.6. The van der Waals surface area contributed by atoms with E-state index >= 15 is 0 Å². The first-order valence-electron chi connectivity index (χ1n) is 10.5. The van der Waals surface area contributed by atoms with E-state index in [4.69, 9.17) is 4.74 Å². The number of fused-ring (bicyclic) bond motifs is 5. The molecule has 0 amide bonds. The first-order valence-corrected chi connectivity index (χ1v) is 11.6. The number of carbonyl (C=O) groups excluding carboxylic acids is 2. The summed E-state index contributed by atoms with van der Waals surface area (Å²) in [5.41, 5.74) is 1.66. The smallest absolute Gasteiger partial charge is 0.316 e. The van der Waals surface area contributed by atoms with Crippen LogP contribution in [-0.2, 0) is 14.3 Å². The van der Waals surface area contributed by atoms with Gasteiger partial charge in [-0.2, -0.15) is 0 Å². The van der Waals surface area contributed by atoms with Gasteiger partial charge in [-0.15, -0.1) is 0 Å². The third kappa shape index (κ3) is 3.21. The van der Waals surface area contributed by atoms with E-state index in [-0.39, 0.29) is 11.4 Å². The first kappa shape index (κ1) is 18.7. The zero-order valence-electron chi connectivity index (χ0n) is 15.8. The maximum absolute atomic E-state index is 11.8. The minimum absolute atomic E-state index is 0.125. The van der Waals surface area contributed by atoms with Crippen LogP contribution in [0.2, 0.25) is 0 Å². The molecule has 0 saturated heterocycles. The van der Waals surface area contributed by atoms with Crippen LogP contribution in [0.3, 0.4) is 0 Å². The number of carbonyl (C=O) groups is 2. The Labute approximate surface area is 165 Å². The highest BCUT2D eigenvalue weighted by atomic mass is 79.9. The molecule has 0 heterocycles. The van der Waals surface area contributed by atoms with Gasteiger partial charge < -0.3 is 4.74 Å². The normalized spacial score (nSPS) is 41.7. The lowest BCUT2D eigenvalue weighted by Gasteiger charge is -2.53.